The van der Waals surface area contributed by atoms with Crippen LogP contribution in [-0.2, 0) is 4.79 Å². The molecule has 1 saturated heterocycles. The molecule has 3 rings (SSSR count). The number of hydrogen-bond donors (Lipinski definition) is 2. The van der Waals surface area contributed by atoms with Crippen molar-refractivity contribution in [1.82, 2.24) is 5.32 Å². The summed E-state index contributed by atoms with van der Waals surface area (Å²) in [5, 5.41) is 5.44. The van der Waals surface area contributed by atoms with Gasteiger partial charge in [0, 0.05) is 18.3 Å². The van der Waals surface area contributed by atoms with Crippen LogP contribution in [0.2, 0.25) is 0 Å². The largest absolute Gasteiger partial charge is 0.497 e. The zero-order valence-electron chi connectivity index (χ0n) is 14.7. The van der Waals surface area contributed by atoms with Gasteiger partial charge in [-0.1, -0.05) is 18.2 Å². The van der Waals surface area contributed by atoms with Gasteiger partial charge in [0.25, 0.3) is 0 Å². The molecule has 2 aromatic rings. The second kappa shape index (κ2) is 7.77. The first-order chi connectivity index (χ1) is 12.6. The van der Waals surface area contributed by atoms with Crippen molar-refractivity contribution in [3.05, 3.63) is 48.5 Å². The Kier molecular flexibility index (Phi) is 5.26. The molecular formula is C19H21N3O4. The van der Waals surface area contributed by atoms with Crippen LogP contribution in [0, 0.1) is 0 Å². The number of ether oxygens (including phenoxy) is 2. The lowest BCUT2D eigenvalue weighted by atomic mass is 10.2. The molecule has 26 heavy (non-hydrogen) atoms. The first-order valence-corrected chi connectivity index (χ1v) is 8.28. The van der Waals surface area contributed by atoms with Crippen LogP contribution in [0.3, 0.4) is 0 Å². The molecule has 0 saturated carbocycles. The van der Waals surface area contributed by atoms with Crippen LogP contribution >= 0.6 is 0 Å². The summed E-state index contributed by atoms with van der Waals surface area (Å²) in [7, 11) is 3.06. The Labute approximate surface area is 151 Å². The van der Waals surface area contributed by atoms with Crippen LogP contribution in [0.5, 0.6) is 11.5 Å². The highest BCUT2D eigenvalue weighted by molar-refractivity contribution is 6.02. The van der Waals surface area contributed by atoms with Gasteiger partial charge in [0.1, 0.15) is 17.5 Å². The topological polar surface area (TPSA) is 79.9 Å². The molecular weight excluding hydrogens is 334 g/mol. The van der Waals surface area contributed by atoms with Crippen molar-refractivity contribution in [2.75, 3.05) is 31.0 Å². The molecule has 1 atom stereocenters. The van der Waals surface area contributed by atoms with E-state index in [4.69, 9.17) is 9.47 Å². The highest BCUT2D eigenvalue weighted by Crippen LogP contribution is 2.29. The van der Waals surface area contributed by atoms with Crippen LogP contribution in [0.15, 0.2) is 48.5 Å². The number of urea groups is 1. The van der Waals surface area contributed by atoms with Crippen molar-refractivity contribution < 1.29 is 19.1 Å². The number of para-hydroxylation sites is 1. The Morgan fingerprint density at radius 3 is 2.58 bits per heavy atom. The average Bonchev–Trinajstić information content (AvgIpc) is 3.03. The molecule has 3 amide bonds. The van der Waals surface area contributed by atoms with Gasteiger partial charge in [-0.15, -0.1) is 0 Å². The zero-order chi connectivity index (χ0) is 18.5. The summed E-state index contributed by atoms with van der Waals surface area (Å²) < 4.78 is 10.4. The van der Waals surface area contributed by atoms with Crippen molar-refractivity contribution in [1.29, 1.82) is 0 Å². The minimum atomic E-state index is -0.556. The third-order valence-corrected chi connectivity index (χ3v) is 4.24. The van der Waals surface area contributed by atoms with Gasteiger partial charge < -0.3 is 25.0 Å². The Morgan fingerprint density at radius 1 is 1.12 bits per heavy atom. The molecule has 1 heterocycles. The molecule has 1 fully saturated rings. The van der Waals surface area contributed by atoms with E-state index in [2.05, 4.69) is 10.6 Å². The first kappa shape index (κ1) is 17.6. The predicted octanol–water partition coefficient (Wildman–Crippen LogP) is 2.63. The summed E-state index contributed by atoms with van der Waals surface area (Å²) in [6, 6.07) is 13.5. The standard InChI is InChI=1S/C19H21N3O4/c1-25-14-8-9-15(17(12-14)26-2)20-19(24)21-16-10-11-22(18(16)23)13-6-4-3-5-7-13/h3-9,12,16H,10-11H2,1-2H3,(H2,20,21,24)/t16-/m0/s1. The van der Waals surface area contributed by atoms with Crippen molar-refractivity contribution in [2.24, 2.45) is 0 Å². The van der Waals surface area contributed by atoms with Gasteiger partial charge in [0.05, 0.1) is 19.9 Å². The summed E-state index contributed by atoms with van der Waals surface area (Å²) in [4.78, 5) is 26.5. The number of carbonyl (C=O) groups excluding carboxylic acids is 2. The molecule has 0 unspecified atom stereocenters. The Balaban J connectivity index is 1.63. The Hall–Kier alpha value is -3.22. The van der Waals surface area contributed by atoms with Crippen molar-refractivity contribution >= 4 is 23.3 Å². The predicted molar refractivity (Wildman–Crippen MR) is 98.9 cm³/mol. The molecule has 2 aromatic carbocycles. The zero-order valence-corrected chi connectivity index (χ0v) is 14.7. The Morgan fingerprint density at radius 2 is 1.88 bits per heavy atom. The lowest BCUT2D eigenvalue weighted by Crippen LogP contribution is -2.43. The molecule has 0 spiro atoms. The van der Waals surface area contributed by atoms with Crippen LogP contribution < -0.4 is 25.0 Å². The molecule has 0 aromatic heterocycles. The number of methoxy groups -OCH3 is 2. The maximum absolute atomic E-state index is 12.5. The maximum atomic E-state index is 12.5. The van der Waals surface area contributed by atoms with E-state index in [0.717, 1.165) is 5.69 Å². The van der Waals surface area contributed by atoms with Gasteiger partial charge in [-0.3, -0.25) is 4.79 Å². The average molecular weight is 355 g/mol. The van der Waals surface area contributed by atoms with E-state index in [9.17, 15) is 9.59 Å². The van der Waals surface area contributed by atoms with Crippen molar-refractivity contribution in [3.8, 4) is 11.5 Å². The summed E-state index contributed by atoms with van der Waals surface area (Å²) in [6.07, 6.45) is 0.556. The summed E-state index contributed by atoms with van der Waals surface area (Å²) in [5.41, 5.74) is 1.33. The van der Waals surface area contributed by atoms with Gasteiger partial charge in [-0.05, 0) is 30.7 Å². The molecule has 7 nitrogen and oxygen atoms in total. The fourth-order valence-corrected chi connectivity index (χ4v) is 2.90. The molecule has 0 radical (unpaired) electrons. The SMILES string of the molecule is COc1ccc(NC(=O)N[C@H]2CCN(c3ccccc3)C2=O)c(OC)c1. The summed E-state index contributed by atoms with van der Waals surface area (Å²) in [6.45, 7) is 0.569. The van der Waals surface area contributed by atoms with E-state index in [1.54, 1.807) is 30.2 Å². The van der Waals surface area contributed by atoms with Crippen molar-refractivity contribution in [2.45, 2.75) is 12.5 Å². The summed E-state index contributed by atoms with van der Waals surface area (Å²) >= 11 is 0. The first-order valence-electron chi connectivity index (χ1n) is 8.28. The maximum Gasteiger partial charge on any atom is 0.319 e. The number of nitrogens with one attached hydrogen (secondary N) is 2. The van der Waals surface area contributed by atoms with Crippen LogP contribution in [0.25, 0.3) is 0 Å². The molecule has 1 aliphatic heterocycles. The van der Waals surface area contributed by atoms with Gasteiger partial charge in [0.15, 0.2) is 0 Å². The van der Waals surface area contributed by atoms with Crippen LogP contribution in [0.4, 0.5) is 16.2 Å². The third-order valence-electron chi connectivity index (χ3n) is 4.24. The number of carbonyl (C=O) groups is 2. The molecule has 1 aliphatic rings. The van der Waals surface area contributed by atoms with Crippen LogP contribution in [-0.4, -0.2) is 38.7 Å². The van der Waals surface area contributed by atoms with Gasteiger partial charge >= 0.3 is 6.03 Å². The highest BCUT2D eigenvalue weighted by atomic mass is 16.5. The van der Waals surface area contributed by atoms with E-state index in [0.29, 0.717) is 30.2 Å². The van der Waals surface area contributed by atoms with E-state index < -0.39 is 12.1 Å². The molecule has 2 N–H and O–H groups in total. The van der Waals surface area contributed by atoms with Crippen molar-refractivity contribution in [3.63, 3.8) is 0 Å². The highest BCUT2D eigenvalue weighted by Gasteiger charge is 2.33. The van der Waals surface area contributed by atoms with Crippen LogP contribution in [0.1, 0.15) is 6.42 Å². The normalized spacial score (nSPS) is 16.3. The van der Waals surface area contributed by atoms with E-state index in [-0.39, 0.29) is 5.91 Å². The summed E-state index contributed by atoms with van der Waals surface area (Å²) in [5.74, 6) is 0.980. The van der Waals surface area contributed by atoms with E-state index in [1.807, 2.05) is 30.3 Å². The quantitative estimate of drug-likeness (QED) is 0.864. The van der Waals surface area contributed by atoms with Gasteiger partial charge in [-0.25, -0.2) is 4.79 Å². The second-order valence-corrected chi connectivity index (χ2v) is 5.83. The van der Waals surface area contributed by atoms with Gasteiger partial charge in [0.2, 0.25) is 5.91 Å². The number of hydrogen-bond acceptors (Lipinski definition) is 4. The second-order valence-electron chi connectivity index (χ2n) is 5.83. The molecule has 7 heteroatoms. The third kappa shape index (κ3) is 3.72. The number of rotatable bonds is 5. The van der Waals surface area contributed by atoms with Gasteiger partial charge in [-0.2, -0.15) is 0 Å². The minimum absolute atomic E-state index is 0.118. The number of nitrogens with zero attached hydrogens (tertiary/aromatic N) is 1. The smallest absolute Gasteiger partial charge is 0.319 e. The lowest BCUT2D eigenvalue weighted by Gasteiger charge is -2.17. The monoisotopic (exact) mass is 355 g/mol. The fourth-order valence-electron chi connectivity index (χ4n) is 2.90. The fraction of sp³-hybridized carbons (Fsp3) is 0.263. The molecule has 0 aliphatic carbocycles. The lowest BCUT2D eigenvalue weighted by molar-refractivity contribution is -0.118. The minimum Gasteiger partial charge on any atom is -0.497 e. The van der Waals surface area contributed by atoms with E-state index in [1.165, 1.54) is 7.11 Å². The molecule has 136 valence electrons. The number of anilines is 2. The molecule has 0 bridgehead atoms. The number of benzene rings is 2. The Bertz CT molecular complexity index is 795. The van der Waals surface area contributed by atoms with E-state index >= 15 is 0 Å². The number of amides is 3.